The van der Waals surface area contributed by atoms with Crippen molar-refractivity contribution < 1.29 is 9.59 Å². The number of nitrogens with one attached hydrogen (secondary N) is 1. The van der Waals surface area contributed by atoms with Crippen LogP contribution in [-0.4, -0.2) is 72.8 Å². The molecule has 1 N–H and O–H groups in total. The highest BCUT2D eigenvalue weighted by Crippen LogP contribution is 2.09. The number of hydrogen-bond acceptors (Lipinski definition) is 5. The minimum absolute atomic E-state index is 0.118. The molecule has 2 aromatic rings. The summed E-state index contributed by atoms with van der Waals surface area (Å²) in [7, 11) is 0. The lowest BCUT2D eigenvalue weighted by Crippen LogP contribution is -2.37. The molecule has 0 unspecified atom stereocenters. The molecule has 0 spiro atoms. The van der Waals surface area contributed by atoms with Crippen LogP contribution < -0.4 is 0 Å². The van der Waals surface area contributed by atoms with Crippen molar-refractivity contribution in [3.63, 3.8) is 0 Å². The normalized spacial score (nSPS) is 15.1. The molecule has 3 rings (SSSR count). The molecule has 0 aliphatic carbocycles. The maximum Gasteiger partial charge on any atom is 0.224 e. The van der Waals surface area contributed by atoms with E-state index in [9.17, 15) is 9.59 Å². The van der Waals surface area contributed by atoms with Crippen molar-refractivity contribution in [3.05, 3.63) is 30.6 Å². The van der Waals surface area contributed by atoms with Gasteiger partial charge in [0.1, 0.15) is 12.7 Å². The molecule has 0 bridgehead atoms. The molecule has 3 heterocycles. The van der Waals surface area contributed by atoms with E-state index in [1.165, 1.54) is 0 Å². The summed E-state index contributed by atoms with van der Waals surface area (Å²) in [5, 5.41) is 14.2. The fourth-order valence-corrected chi connectivity index (χ4v) is 3.15. The maximum absolute atomic E-state index is 12.4. The van der Waals surface area contributed by atoms with Gasteiger partial charge < -0.3 is 14.4 Å². The summed E-state index contributed by atoms with van der Waals surface area (Å²) in [4.78, 5) is 28.6. The van der Waals surface area contributed by atoms with Crippen LogP contribution in [0.15, 0.2) is 25.0 Å². The molecule has 0 atom stereocenters. The van der Waals surface area contributed by atoms with Crippen LogP contribution in [0.4, 0.5) is 0 Å². The summed E-state index contributed by atoms with van der Waals surface area (Å²) in [6, 6.07) is 0. The second-order valence-electron chi connectivity index (χ2n) is 6.52. The molecular weight excluding hydrogens is 334 g/mol. The van der Waals surface area contributed by atoms with Crippen LogP contribution in [0.1, 0.15) is 31.2 Å². The first-order valence-corrected chi connectivity index (χ1v) is 9.08. The van der Waals surface area contributed by atoms with Crippen molar-refractivity contribution in [3.8, 4) is 0 Å². The van der Waals surface area contributed by atoms with Crippen molar-refractivity contribution in [2.45, 2.75) is 38.6 Å². The number of aromatic amines is 1. The van der Waals surface area contributed by atoms with E-state index in [4.69, 9.17) is 0 Å². The lowest BCUT2D eigenvalue weighted by atomic mass is 10.1. The molecule has 1 fully saturated rings. The van der Waals surface area contributed by atoms with Gasteiger partial charge in [-0.1, -0.05) is 0 Å². The Hall–Kier alpha value is -2.71. The standard InChI is InChI=1S/C17H25N7O2/c25-16(4-1-3-15-11-18-19-12-15)23-6-2-7-24(10-9-23)17(26)5-8-22-13-20-21-14-22/h11-14H,1-10H2,(H,18,19). The molecule has 2 aromatic heterocycles. The van der Waals surface area contributed by atoms with Gasteiger partial charge in [-0.3, -0.25) is 14.7 Å². The Labute approximate surface area is 152 Å². The zero-order chi connectivity index (χ0) is 18.2. The maximum atomic E-state index is 12.4. The Morgan fingerprint density at radius 1 is 1.00 bits per heavy atom. The van der Waals surface area contributed by atoms with Crippen LogP contribution in [0.2, 0.25) is 0 Å². The molecule has 0 aromatic carbocycles. The van der Waals surface area contributed by atoms with Gasteiger partial charge in [0.2, 0.25) is 11.8 Å². The van der Waals surface area contributed by atoms with Gasteiger partial charge in [0.25, 0.3) is 0 Å². The largest absolute Gasteiger partial charge is 0.341 e. The van der Waals surface area contributed by atoms with Gasteiger partial charge in [0, 0.05) is 51.8 Å². The van der Waals surface area contributed by atoms with E-state index in [1.807, 2.05) is 16.0 Å². The lowest BCUT2D eigenvalue weighted by Gasteiger charge is -2.22. The molecule has 1 aliphatic rings. The van der Waals surface area contributed by atoms with Crippen molar-refractivity contribution in [2.24, 2.45) is 0 Å². The van der Waals surface area contributed by atoms with Crippen LogP contribution in [0.5, 0.6) is 0 Å². The Bertz CT molecular complexity index is 684. The third-order valence-corrected chi connectivity index (χ3v) is 4.66. The molecule has 9 heteroatoms. The highest BCUT2D eigenvalue weighted by atomic mass is 16.2. The summed E-state index contributed by atoms with van der Waals surface area (Å²) in [5.41, 5.74) is 1.12. The van der Waals surface area contributed by atoms with E-state index < -0.39 is 0 Å². The number of carbonyl (C=O) groups excluding carboxylic acids is 2. The SMILES string of the molecule is O=C(CCCc1cn[nH]c1)N1CCCN(C(=O)CCn2cnnc2)CC1. The molecule has 1 aliphatic heterocycles. The van der Waals surface area contributed by atoms with Gasteiger partial charge >= 0.3 is 0 Å². The molecule has 0 radical (unpaired) electrons. The Morgan fingerprint density at radius 2 is 1.69 bits per heavy atom. The van der Waals surface area contributed by atoms with E-state index in [1.54, 1.807) is 23.4 Å². The third-order valence-electron chi connectivity index (χ3n) is 4.66. The summed E-state index contributed by atoms with van der Waals surface area (Å²) in [6.45, 7) is 3.23. The van der Waals surface area contributed by atoms with Gasteiger partial charge in [0.15, 0.2) is 0 Å². The van der Waals surface area contributed by atoms with Gasteiger partial charge in [-0.05, 0) is 24.8 Å². The van der Waals surface area contributed by atoms with Crippen molar-refractivity contribution in [2.75, 3.05) is 26.2 Å². The number of aromatic nitrogens is 5. The molecule has 9 nitrogen and oxygen atoms in total. The predicted octanol–water partition coefficient (Wildman–Crippen LogP) is 0.475. The quantitative estimate of drug-likeness (QED) is 0.775. The molecular formula is C17H25N7O2. The van der Waals surface area contributed by atoms with E-state index in [0.29, 0.717) is 39.0 Å². The average molecular weight is 359 g/mol. The minimum atomic E-state index is 0.118. The summed E-state index contributed by atoms with van der Waals surface area (Å²) < 4.78 is 1.80. The first-order chi connectivity index (χ1) is 12.7. The van der Waals surface area contributed by atoms with Crippen LogP contribution in [-0.2, 0) is 22.6 Å². The molecule has 140 valence electrons. The number of carbonyl (C=O) groups is 2. The van der Waals surface area contributed by atoms with Crippen LogP contribution in [0.3, 0.4) is 0 Å². The summed E-state index contributed by atoms with van der Waals surface area (Å²) in [5.74, 6) is 0.292. The number of nitrogens with zero attached hydrogens (tertiary/aromatic N) is 6. The van der Waals surface area contributed by atoms with Crippen LogP contribution in [0, 0.1) is 0 Å². The average Bonchev–Trinajstić information content (AvgIpc) is 3.29. The molecule has 2 amide bonds. The summed E-state index contributed by atoms with van der Waals surface area (Å²) in [6.07, 6.45) is 10.3. The predicted molar refractivity (Wildman–Crippen MR) is 93.9 cm³/mol. The zero-order valence-electron chi connectivity index (χ0n) is 14.9. The van der Waals surface area contributed by atoms with Gasteiger partial charge in [0.05, 0.1) is 6.20 Å². The first-order valence-electron chi connectivity index (χ1n) is 9.08. The highest BCUT2D eigenvalue weighted by Gasteiger charge is 2.21. The molecule has 1 saturated heterocycles. The van der Waals surface area contributed by atoms with E-state index >= 15 is 0 Å². The molecule has 0 saturated carbocycles. The second-order valence-corrected chi connectivity index (χ2v) is 6.52. The number of aryl methyl sites for hydroxylation is 2. The number of amides is 2. The fraction of sp³-hybridized carbons (Fsp3) is 0.588. The van der Waals surface area contributed by atoms with E-state index in [-0.39, 0.29) is 11.8 Å². The first kappa shape index (κ1) is 18.1. The van der Waals surface area contributed by atoms with Crippen molar-refractivity contribution >= 4 is 11.8 Å². The summed E-state index contributed by atoms with van der Waals surface area (Å²) >= 11 is 0. The molecule has 26 heavy (non-hydrogen) atoms. The topological polar surface area (TPSA) is 100 Å². The number of hydrogen-bond donors (Lipinski definition) is 1. The van der Waals surface area contributed by atoms with E-state index in [2.05, 4.69) is 20.4 Å². The number of H-pyrrole nitrogens is 1. The Kier molecular flexibility index (Phi) is 6.34. The van der Waals surface area contributed by atoms with Crippen LogP contribution in [0.25, 0.3) is 0 Å². The van der Waals surface area contributed by atoms with Crippen LogP contribution >= 0.6 is 0 Å². The second kappa shape index (κ2) is 9.12. The smallest absolute Gasteiger partial charge is 0.224 e. The fourth-order valence-electron chi connectivity index (χ4n) is 3.15. The van der Waals surface area contributed by atoms with Gasteiger partial charge in [-0.2, -0.15) is 5.10 Å². The lowest BCUT2D eigenvalue weighted by molar-refractivity contribution is -0.133. The third kappa shape index (κ3) is 5.14. The van der Waals surface area contributed by atoms with Crippen molar-refractivity contribution in [1.82, 2.24) is 34.8 Å². The minimum Gasteiger partial charge on any atom is -0.341 e. The van der Waals surface area contributed by atoms with Gasteiger partial charge in [-0.25, -0.2) is 0 Å². The zero-order valence-corrected chi connectivity index (χ0v) is 14.9. The van der Waals surface area contributed by atoms with Crippen molar-refractivity contribution in [1.29, 1.82) is 0 Å². The monoisotopic (exact) mass is 359 g/mol. The van der Waals surface area contributed by atoms with E-state index in [0.717, 1.165) is 31.4 Å². The number of rotatable bonds is 7. The van der Waals surface area contributed by atoms with Gasteiger partial charge in [-0.15, -0.1) is 10.2 Å². The Balaban J connectivity index is 1.39. The highest BCUT2D eigenvalue weighted by molar-refractivity contribution is 5.77. The Morgan fingerprint density at radius 3 is 2.35 bits per heavy atom.